The molecule has 220 valence electrons. The molecule has 0 bridgehead atoms. The minimum absolute atomic E-state index is 0.00623. The summed E-state index contributed by atoms with van der Waals surface area (Å²) in [5.74, 6) is -1.73. The number of primary amides is 1. The molecule has 2 aliphatic rings. The number of pyridine rings is 1. The summed E-state index contributed by atoms with van der Waals surface area (Å²) in [6.45, 7) is 3.19. The molecule has 4 N–H and O–H groups in total. The van der Waals surface area contributed by atoms with Crippen molar-refractivity contribution in [1.82, 2.24) is 19.9 Å². The van der Waals surface area contributed by atoms with E-state index in [0.29, 0.717) is 35.7 Å². The highest BCUT2D eigenvalue weighted by Gasteiger charge is 2.49. The molecule has 4 heterocycles. The Labute approximate surface area is 239 Å². The number of aryl methyl sites for hydroxylation is 1. The zero-order valence-electron chi connectivity index (χ0n) is 23.1. The third kappa shape index (κ3) is 4.93. The number of anilines is 1. The van der Waals surface area contributed by atoms with Gasteiger partial charge in [0.15, 0.2) is 5.82 Å². The van der Waals surface area contributed by atoms with Crippen LogP contribution in [-0.2, 0) is 11.2 Å². The molecule has 2 aromatic heterocycles. The molecule has 2 atom stereocenters. The highest BCUT2D eigenvalue weighted by atomic mass is 19.1. The van der Waals surface area contributed by atoms with E-state index in [-0.39, 0.29) is 59.3 Å². The first-order chi connectivity index (χ1) is 20.2. The zero-order valence-corrected chi connectivity index (χ0v) is 23.1. The standard InChI is InChI=1S/C30H31F3N6O3/c1-2-19-22(32)5-4-16-10-18(40)11-20(24(16)19)26-25(33)27-21(13-36-26)28(35-8-6-23(34)41)38-29(37-27)42-15-30-7-3-9-39(30)14-17(31)12-30/h4-5,10-11,13,17,40H,2-3,6-9,12,14-15H2,1H3,(H2,34,41)(H,35,37,38)/t17-,30+/m1/s1. The Hall–Kier alpha value is -4.19. The number of nitrogens with zero attached hydrogens (tertiary/aromatic N) is 4. The summed E-state index contributed by atoms with van der Waals surface area (Å²) in [5.41, 5.74) is 5.15. The molecule has 2 aromatic carbocycles. The molecule has 0 radical (unpaired) electrons. The molecule has 12 heteroatoms. The first-order valence-corrected chi connectivity index (χ1v) is 14.0. The lowest BCUT2D eigenvalue weighted by Crippen LogP contribution is -2.43. The average molecular weight is 581 g/mol. The predicted octanol–water partition coefficient (Wildman–Crippen LogP) is 4.63. The van der Waals surface area contributed by atoms with Crippen molar-refractivity contribution >= 4 is 33.4 Å². The van der Waals surface area contributed by atoms with Crippen molar-refractivity contribution in [1.29, 1.82) is 0 Å². The monoisotopic (exact) mass is 580 g/mol. The number of fused-ring (bicyclic) bond motifs is 3. The van der Waals surface area contributed by atoms with Crippen LogP contribution in [0.2, 0.25) is 0 Å². The Morgan fingerprint density at radius 3 is 2.90 bits per heavy atom. The molecule has 0 saturated carbocycles. The highest BCUT2D eigenvalue weighted by molar-refractivity contribution is 6.01. The van der Waals surface area contributed by atoms with Crippen LogP contribution < -0.4 is 15.8 Å². The fourth-order valence-corrected chi connectivity index (χ4v) is 6.41. The first kappa shape index (κ1) is 28.0. The number of phenols is 1. The number of aromatic hydroxyl groups is 1. The lowest BCUT2D eigenvalue weighted by atomic mass is 9.94. The second-order valence-electron chi connectivity index (χ2n) is 11.0. The minimum Gasteiger partial charge on any atom is -0.508 e. The van der Waals surface area contributed by atoms with Crippen molar-refractivity contribution in [2.75, 3.05) is 31.6 Å². The largest absolute Gasteiger partial charge is 0.508 e. The number of amides is 1. The van der Waals surface area contributed by atoms with Gasteiger partial charge >= 0.3 is 6.01 Å². The van der Waals surface area contributed by atoms with E-state index in [2.05, 4.69) is 25.2 Å². The summed E-state index contributed by atoms with van der Waals surface area (Å²) in [7, 11) is 0. The van der Waals surface area contributed by atoms with Crippen molar-refractivity contribution < 1.29 is 27.8 Å². The minimum atomic E-state index is -0.946. The van der Waals surface area contributed by atoms with Gasteiger partial charge in [0.2, 0.25) is 5.91 Å². The number of alkyl halides is 1. The number of hydrogen-bond acceptors (Lipinski definition) is 8. The Morgan fingerprint density at radius 1 is 1.29 bits per heavy atom. The van der Waals surface area contributed by atoms with E-state index < -0.39 is 29.3 Å². The van der Waals surface area contributed by atoms with Crippen molar-refractivity contribution in [3.8, 4) is 23.0 Å². The number of nitrogens with one attached hydrogen (secondary N) is 1. The summed E-state index contributed by atoms with van der Waals surface area (Å²) < 4.78 is 51.5. The lowest BCUT2D eigenvalue weighted by molar-refractivity contribution is -0.117. The van der Waals surface area contributed by atoms with Gasteiger partial charge in [0.25, 0.3) is 0 Å². The van der Waals surface area contributed by atoms with Crippen LogP contribution in [0.3, 0.4) is 0 Å². The predicted molar refractivity (Wildman–Crippen MR) is 152 cm³/mol. The van der Waals surface area contributed by atoms with Crippen LogP contribution in [0, 0.1) is 11.6 Å². The average Bonchev–Trinajstić information content (AvgIpc) is 3.47. The zero-order chi connectivity index (χ0) is 29.6. The molecule has 9 nitrogen and oxygen atoms in total. The van der Waals surface area contributed by atoms with Crippen molar-refractivity contribution in [3.63, 3.8) is 0 Å². The van der Waals surface area contributed by atoms with E-state index in [4.69, 9.17) is 10.5 Å². The Bertz CT molecular complexity index is 1700. The fourth-order valence-electron chi connectivity index (χ4n) is 6.41. The third-order valence-electron chi connectivity index (χ3n) is 8.32. The van der Waals surface area contributed by atoms with Gasteiger partial charge in [0.05, 0.1) is 10.9 Å². The maximum absolute atomic E-state index is 16.4. The number of aromatic nitrogens is 3. The van der Waals surface area contributed by atoms with Crippen LogP contribution in [0.25, 0.3) is 32.9 Å². The topological polar surface area (TPSA) is 126 Å². The maximum Gasteiger partial charge on any atom is 0.319 e. The van der Waals surface area contributed by atoms with E-state index in [1.54, 1.807) is 6.92 Å². The van der Waals surface area contributed by atoms with Crippen LogP contribution >= 0.6 is 0 Å². The van der Waals surface area contributed by atoms with Gasteiger partial charge in [-0.2, -0.15) is 9.97 Å². The molecule has 1 amide bonds. The summed E-state index contributed by atoms with van der Waals surface area (Å²) in [5, 5.41) is 14.6. The number of ether oxygens (including phenoxy) is 1. The normalized spacial score (nSPS) is 20.3. The van der Waals surface area contributed by atoms with E-state index in [0.717, 1.165) is 19.4 Å². The van der Waals surface area contributed by atoms with Crippen LogP contribution in [0.15, 0.2) is 30.5 Å². The molecule has 2 fully saturated rings. The lowest BCUT2D eigenvalue weighted by Gasteiger charge is -2.30. The first-order valence-electron chi connectivity index (χ1n) is 14.0. The van der Waals surface area contributed by atoms with E-state index in [9.17, 15) is 18.7 Å². The second kappa shape index (κ2) is 10.9. The van der Waals surface area contributed by atoms with Crippen molar-refractivity contribution in [3.05, 3.63) is 47.7 Å². The van der Waals surface area contributed by atoms with Crippen LogP contribution in [0.5, 0.6) is 11.8 Å². The van der Waals surface area contributed by atoms with Gasteiger partial charge < -0.3 is 20.9 Å². The number of halogens is 3. The molecular weight excluding hydrogens is 549 g/mol. The Morgan fingerprint density at radius 2 is 2.12 bits per heavy atom. The Balaban J connectivity index is 1.46. The number of carbonyl (C=O) groups excluding carboxylic acids is 1. The van der Waals surface area contributed by atoms with E-state index in [1.165, 1.54) is 30.5 Å². The molecule has 0 unspecified atom stereocenters. The van der Waals surface area contributed by atoms with Crippen LogP contribution in [0.1, 0.15) is 38.2 Å². The fraction of sp³-hybridized carbons (Fsp3) is 0.400. The van der Waals surface area contributed by atoms with Gasteiger partial charge in [-0.25, -0.2) is 13.2 Å². The second-order valence-corrected chi connectivity index (χ2v) is 11.0. The number of rotatable bonds is 9. The number of benzene rings is 2. The number of carbonyl (C=O) groups is 1. The van der Waals surface area contributed by atoms with Crippen molar-refractivity contribution in [2.45, 2.75) is 50.7 Å². The highest BCUT2D eigenvalue weighted by Crippen LogP contribution is 2.41. The van der Waals surface area contributed by atoms with Crippen LogP contribution in [-0.4, -0.2) is 68.8 Å². The summed E-state index contributed by atoms with van der Waals surface area (Å²) in [4.78, 5) is 26.6. The van der Waals surface area contributed by atoms with Crippen molar-refractivity contribution in [2.24, 2.45) is 5.73 Å². The number of phenolic OH excluding ortho intramolecular Hbond substituents is 1. The molecule has 0 aliphatic carbocycles. The van der Waals surface area contributed by atoms with Gasteiger partial charge in [0.1, 0.15) is 41.4 Å². The van der Waals surface area contributed by atoms with E-state index >= 15 is 4.39 Å². The Kier molecular flexibility index (Phi) is 7.25. The van der Waals surface area contributed by atoms with Gasteiger partial charge in [-0.1, -0.05) is 13.0 Å². The van der Waals surface area contributed by atoms with Gasteiger partial charge in [-0.15, -0.1) is 0 Å². The molecule has 2 saturated heterocycles. The SMILES string of the molecule is CCc1c(F)ccc2cc(O)cc(-c3ncc4c(NCCC(N)=O)nc(OC[C@@]56CCCN5C[C@H](F)C6)nc4c3F)c12. The smallest absolute Gasteiger partial charge is 0.319 e. The maximum atomic E-state index is 16.4. The summed E-state index contributed by atoms with van der Waals surface area (Å²) >= 11 is 0. The summed E-state index contributed by atoms with van der Waals surface area (Å²) in [6, 6.07) is 5.56. The quantitative estimate of drug-likeness (QED) is 0.262. The van der Waals surface area contributed by atoms with E-state index in [1.807, 2.05) is 0 Å². The van der Waals surface area contributed by atoms with Gasteiger partial charge in [0, 0.05) is 37.7 Å². The van der Waals surface area contributed by atoms with Gasteiger partial charge in [-0.3, -0.25) is 14.7 Å². The van der Waals surface area contributed by atoms with Gasteiger partial charge in [-0.05, 0) is 60.3 Å². The molecular formula is C30H31F3N6O3. The number of hydrogen-bond donors (Lipinski definition) is 3. The summed E-state index contributed by atoms with van der Waals surface area (Å²) in [6.07, 6.45) is 2.82. The number of nitrogens with two attached hydrogens (primary N) is 1. The third-order valence-corrected chi connectivity index (χ3v) is 8.32. The van der Waals surface area contributed by atoms with Crippen LogP contribution in [0.4, 0.5) is 19.0 Å². The molecule has 0 spiro atoms. The molecule has 4 aromatic rings. The molecule has 2 aliphatic heterocycles. The molecule has 6 rings (SSSR count). The molecule has 42 heavy (non-hydrogen) atoms.